The van der Waals surface area contributed by atoms with Crippen LogP contribution >= 0.6 is 0 Å². The first-order valence-electron chi connectivity index (χ1n) is 5.07. The van der Waals surface area contributed by atoms with Crippen molar-refractivity contribution in [2.45, 2.75) is 6.92 Å². The molecule has 0 radical (unpaired) electrons. The number of hydrogen-bond acceptors (Lipinski definition) is 2. The molecule has 0 fully saturated rings. The van der Waals surface area contributed by atoms with E-state index in [-0.39, 0.29) is 11.5 Å². The van der Waals surface area contributed by atoms with Gasteiger partial charge >= 0.3 is 0 Å². The van der Waals surface area contributed by atoms with Gasteiger partial charge in [0.15, 0.2) is 5.78 Å². The van der Waals surface area contributed by atoms with Crippen molar-refractivity contribution >= 4 is 22.3 Å². The molecule has 0 amide bonds. The average molecular weight is 212 g/mol. The maximum atomic E-state index is 10.9. The minimum Gasteiger partial charge on any atom is -0.507 e. The molecular formula is C14H12O2. The largest absolute Gasteiger partial charge is 0.507 e. The van der Waals surface area contributed by atoms with Gasteiger partial charge in [-0.25, -0.2) is 0 Å². The number of aliphatic hydroxyl groups is 1. The number of allylic oxidation sites excluding steroid dienone is 1. The van der Waals surface area contributed by atoms with Gasteiger partial charge in [0.25, 0.3) is 0 Å². The number of ketones is 1. The quantitative estimate of drug-likeness (QED) is 0.612. The first-order valence-corrected chi connectivity index (χ1v) is 5.07. The Bertz CT molecular complexity index is 568. The number of rotatable bonds is 2. The van der Waals surface area contributed by atoms with Gasteiger partial charge in [0.1, 0.15) is 5.76 Å². The highest BCUT2D eigenvalue weighted by atomic mass is 16.3. The van der Waals surface area contributed by atoms with Gasteiger partial charge in [0, 0.05) is 11.6 Å². The Morgan fingerprint density at radius 3 is 2.50 bits per heavy atom. The van der Waals surface area contributed by atoms with E-state index in [1.165, 1.54) is 13.0 Å². The Hall–Kier alpha value is -2.09. The summed E-state index contributed by atoms with van der Waals surface area (Å²) in [5.74, 6) is -0.149. The molecule has 2 nitrogen and oxygen atoms in total. The third-order valence-corrected chi connectivity index (χ3v) is 2.39. The van der Waals surface area contributed by atoms with Crippen LogP contribution in [0.1, 0.15) is 12.5 Å². The summed E-state index contributed by atoms with van der Waals surface area (Å²) in [6.45, 7) is 1.41. The molecule has 80 valence electrons. The smallest absolute Gasteiger partial charge is 0.156 e. The number of aliphatic hydroxyl groups excluding tert-OH is 1. The second-order valence-corrected chi connectivity index (χ2v) is 3.70. The summed E-state index contributed by atoms with van der Waals surface area (Å²) in [4.78, 5) is 10.9. The Labute approximate surface area is 93.8 Å². The molecule has 1 N–H and O–H groups in total. The Morgan fingerprint density at radius 2 is 1.81 bits per heavy atom. The van der Waals surface area contributed by atoms with Crippen LogP contribution in [0.5, 0.6) is 0 Å². The topological polar surface area (TPSA) is 37.3 Å². The van der Waals surface area contributed by atoms with Crippen LogP contribution in [0.15, 0.2) is 48.5 Å². The van der Waals surface area contributed by atoms with Crippen molar-refractivity contribution in [2.24, 2.45) is 0 Å². The third kappa shape index (κ3) is 2.11. The van der Waals surface area contributed by atoms with E-state index in [0.29, 0.717) is 5.56 Å². The van der Waals surface area contributed by atoms with Crippen LogP contribution in [0.3, 0.4) is 0 Å². The molecular weight excluding hydrogens is 200 g/mol. The van der Waals surface area contributed by atoms with E-state index in [9.17, 15) is 9.90 Å². The number of hydrogen-bond donors (Lipinski definition) is 1. The molecule has 0 heterocycles. The summed E-state index contributed by atoms with van der Waals surface area (Å²) >= 11 is 0. The Kier molecular flexibility index (Phi) is 2.73. The first kappa shape index (κ1) is 10.4. The fraction of sp³-hybridized carbons (Fsp3) is 0.0714. The molecule has 0 saturated heterocycles. The highest BCUT2D eigenvalue weighted by Gasteiger charge is 2.01. The Balaban J connectivity index is 2.51. The SMILES string of the molecule is CC(=O)/C=C(\O)c1ccc2ccccc2c1. The average Bonchev–Trinajstić information content (AvgIpc) is 2.27. The molecule has 0 atom stereocenters. The van der Waals surface area contributed by atoms with Crippen molar-refractivity contribution in [3.8, 4) is 0 Å². The lowest BCUT2D eigenvalue weighted by atomic mass is 10.1. The maximum Gasteiger partial charge on any atom is 0.156 e. The van der Waals surface area contributed by atoms with Crippen LogP contribution in [-0.2, 0) is 4.79 Å². The lowest BCUT2D eigenvalue weighted by Gasteiger charge is -2.02. The number of benzene rings is 2. The van der Waals surface area contributed by atoms with Crippen molar-refractivity contribution in [3.63, 3.8) is 0 Å². The van der Waals surface area contributed by atoms with Gasteiger partial charge in [-0.1, -0.05) is 36.4 Å². The summed E-state index contributed by atoms with van der Waals surface area (Å²) < 4.78 is 0. The van der Waals surface area contributed by atoms with Crippen LogP contribution in [0.4, 0.5) is 0 Å². The van der Waals surface area contributed by atoms with Gasteiger partial charge < -0.3 is 5.11 Å². The van der Waals surface area contributed by atoms with Gasteiger partial charge in [-0.2, -0.15) is 0 Å². The zero-order chi connectivity index (χ0) is 11.5. The van der Waals surface area contributed by atoms with Crippen LogP contribution in [-0.4, -0.2) is 10.9 Å². The van der Waals surface area contributed by atoms with Crippen molar-refractivity contribution in [1.82, 2.24) is 0 Å². The van der Waals surface area contributed by atoms with Crippen molar-refractivity contribution in [3.05, 3.63) is 54.1 Å². The molecule has 16 heavy (non-hydrogen) atoms. The van der Waals surface area contributed by atoms with Crippen molar-refractivity contribution in [1.29, 1.82) is 0 Å². The number of carbonyl (C=O) groups excluding carboxylic acids is 1. The minimum atomic E-state index is -0.161. The maximum absolute atomic E-state index is 10.9. The minimum absolute atomic E-state index is 0.0123. The molecule has 0 unspecified atom stereocenters. The summed E-state index contributed by atoms with van der Waals surface area (Å²) in [6, 6.07) is 13.5. The van der Waals surface area contributed by atoms with Gasteiger partial charge in [0.05, 0.1) is 0 Å². The molecule has 0 aliphatic carbocycles. The van der Waals surface area contributed by atoms with E-state index in [1.807, 2.05) is 36.4 Å². The normalized spacial score (nSPS) is 11.7. The van der Waals surface area contributed by atoms with Gasteiger partial charge in [-0.15, -0.1) is 0 Å². The van der Waals surface area contributed by atoms with Crippen molar-refractivity contribution in [2.75, 3.05) is 0 Å². The predicted octanol–water partition coefficient (Wildman–Crippen LogP) is 3.33. The van der Waals surface area contributed by atoms with Gasteiger partial charge in [0.2, 0.25) is 0 Å². The van der Waals surface area contributed by atoms with E-state index in [0.717, 1.165) is 10.8 Å². The molecule has 2 aromatic rings. The summed E-state index contributed by atoms with van der Waals surface area (Å²) in [6.07, 6.45) is 1.23. The second kappa shape index (κ2) is 4.19. The second-order valence-electron chi connectivity index (χ2n) is 3.70. The fourth-order valence-corrected chi connectivity index (χ4v) is 1.62. The molecule has 0 spiro atoms. The molecule has 2 heteroatoms. The fourth-order valence-electron chi connectivity index (χ4n) is 1.62. The van der Waals surface area contributed by atoms with Crippen molar-refractivity contribution < 1.29 is 9.90 Å². The van der Waals surface area contributed by atoms with E-state index in [2.05, 4.69) is 0 Å². The number of fused-ring (bicyclic) bond motifs is 1. The van der Waals surface area contributed by atoms with E-state index < -0.39 is 0 Å². The highest BCUT2D eigenvalue weighted by Crippen LogP contribution is 2.19. The van der Waals surface area contributed by atoms with Gasteiger partial charge in [-0.05, 0) is 23.8 Å². The molecule has 2 aromatic carbocycles. The highest BCUT2D eigenvalue weighted by molar-refractivity contribution is 5.94. The lowest BCUT2D eigenvalue weighted by molar-refractivity contribution is -0.112. The molecule has 0 bridgehead atoms. The lowest BCUT2D eigenvalue weighted by Crippen LogP contribution is -1.88. The van der Waals surface area contributed by atoms with Crippen LogP contribution in [0, 0.1) is 0 Å². The molecule has 0 aliphatic rings. The van der Waals surface area contributed by atoms with E-state index >= 15 is 0 Å². The van der Waals surface area contributed by atoms with E-state index in [4.69, 9.17) is 0 Å². The molecule has 2 rings (SSSR count). The third-order valence-electron chi connectivity index (χ3n) is 2.39. The van der Waals surface area contributed by atoms with E-state index in [1.54, 1.807) is 6.07 Å². The summed E-state index contributed by atoms with van der Waals surface area (Å²) in [5.41, 5.74) is 0.661. The molecule has 0 aliphatic heterocycles. The summed E-state index contributed by atoms with van der Waals surface area (Å²) in [5, 5.41) is 11.8. The van der Waals surface area contributed by atoms with Crippen LogP contribution < -0.4 is 0 Å². The standard InChI is InChI=1S/C14H12O2/c1-10(15)8-14(16)13-7-6-11-4-2-3-5-12(11)9-13/h2-9,16H,1H3/b14-8-. The first-order chi connectivity index (χ1) is 7.66. The zero-order valence-corrected chi connectivity index (χ0v) is 8.97. The predicted molar refractivity (Wildman–Crippen MR) is 65.2 cm³/mol. The molecule has 0 saturated carbocycles. The summed E-state index contributed by atoms with van der Waals surface area (Å²) in [7, 11) is 0. The Morgan fingerprint density at radius 1 is 1.12 bits per heavy atom. The van der Waals surface area contributed by atoms with Gasteiger partial charge in [-0.3, -0.25) is 4.79 Å². The molecule has 0 aromatic heterocycles. The number of carbonyl (C=O) groups is 1. The monoisotopic (exact) mass is 212 g/mol. The van der Waals surface area contributed by atoms with Crippen LogP contribution in [0.25, 0.3) is 16.5 Å². The zero-order valence-electron chi connectivity index (χ0n) is 8.97. The van der Waals surface area contributed by atoms with Crippen LogP contribution in [0.2, 0.25) is 0 Å².